The number of halogens is 1. The van der Waals surface area contributed by atoms with Crippen molar-refractivity contribution in [1.82, 2.24) is 9.97 Å². The van der Waals surface area contributed by atoms with Crippen molar-refractivity contribution >= 4 is 44.8 Å². The third kappa shape index (κ3) is 2.89. The minimum absolute atomic E-state index is 0.0715. The fourth-order valence-electron chi connectivity index (χ4n) is 3.23. The monoisotopic (exact) mass is 357 g/mol. The fraction of sp³-hybridized carbons (Fsp3) is 0.278. The van der Waals surface area contributed by atoms with Crippen LogP contribution >= 0.6 is 22.9 Å². The highest BCUT2D eigenvalue weighted by Gasteiger charge is 2.27. The van der Waals surface area contributed by atoms with Crippen LogP contribution in [0.1, 0.15) is 23.2 Å². The lowest BCUT2D eigenvalue weighted by Gasteiger charge is -2.32. The standard InChI is InChI=1S/C18H16ClN3OS/c19-14-3-1-12(2-4-14)16(23)13-5-8-22(9-6-13)17-15-7-10-24-18(15)21-11-20-17/h1-4,7,10-11,13H,5-6,8-9H2. The van der Waals surface area contributed by atoms with E-state index in [-0.39, 0.29) is 11.7 Å². The Bertz CT molecular complexity index is 869. The van der Waals surface area contributed by atoms with Gasteiger partial charge >= 0.3 is 0 Å². The third-order valence-corrected chi connectivity index (χ3v) is 5.61. The van der Waals surface area contributed by atoms with Gasteiger partial charge in [-0.1, -0.05) is 11.6 Å². The van der Waals surface area contributed by atoms with Gasteiger partial charge in [0.1, 0.15) is 17.0 Å². The number of rotatable bonds is 3. The number of fused-ring (bicyclic) bond motifs is 1. The van der Waals surface area contributed by atoms with Crippen LogP contribution in [0.4, 0.5) is 5.82 Å². The molecule has 0 spiro atoms. The van der Waals surface area contributed by atoms with Gasteiger partial charge in [0.2, 0.25) is 0 Å². The molecule has 0 saturated carbocycles. The molecular formula is C18H16ClN3OS. The van der Waals surface area contributed by atoms with E-state index in [4.69, 9.17) is 11.6 Å². The molecule has 1 aliphatic rings. The summed E-state index contributed by atoms with van der Waals surface area (Å²) in [5, 5.41) is 3.80. The van der Waals surface area contributed by atoms with E-state index in [1.165, 1.54) is 0 Å². The summed E-state index contributed by atoms with van der Waals surface area (Å²) in [7, 11) is 0. The summed E-state index contributed by atoms with van der Waals surface area (Å²) in [5.41, 5.74) is 0.750. The normalized spacial score (nSPS) is 15.8. The van der Waals surface area contributed by atoms with Crippen molar-refractivity contribution in [3.63, 3.8) is 0 Å². The number of ketones is 1. The molecule has 0 N–H and O–H groups in total. The maximum atomic E-state index is 12.6. The zero-order valence-electron chi connectivity index (χ0n) is 13.0. The van der Waals surface area contributed by atoms with Gasteiger partial charge in [0.25, 0.3) is 0 Å². The van der Waals surface area contributed by atoms with Crippen LogP contribution in [0, 0.1) is 5.92 Å². The molecule has 3 aromatic rings. The smallest absolute Gasteiger partial charge is 0.166 e. The number of thiophene rings is 1. The Morgan fingerprint density at radius 1 is 1.12 bits per heavy atom. The number of carbonyl (C=O) groups excluding carboxylic acids is 1. The van der Waals surface area contributed by atoms with Gasteiger partial charge in [-0.05, 0) is 48.6 Å². The lowest BCUT2D eigenvalue weighted by Crippen LogP contribution is -2.37. The first-order chi connectivity index (χ1) is 11.7. The van der Waals surface area contributed by atoms with E-state index in [2.05, 4.69) is 20.9 Å². The lowest BCUT2D eigenvalue weighted by atomic mass is 9.89. The summed E-state index contributed by atoms with van der Waals surface area (Å²) < 4.78 is 0. The van der Waals surface area contributed by atoms with Crippen molar-refractivity contribution in [2.45, 2.75) is 12.8 Å². The number of hydrogen-bond donors (Lipinski definition) is 0. The number of aromatic nitrogens is 2. The summed E-state index contributed by atoms with van der Waals surface area (Å²) in [6.07, 6.45) is 3.31. The van der Waals surface area contributed by atoms with Gasteiger partial charge in [0, 0.05) is 29.6 Å². The summed E-state index contributed by atoms with van der Waals surface area (Å²) >= 11 is 7.52. The quantitative estimate of drug-likeness (QED) is 0.650. The van der Waals surface area contributed by atoms with Gasteiger partial charge in [0.05, 0.1) is 5.39 Å². The third-order valence-electron chi connectivity index (χ3n) is 4.53. The maximum Gasteiger partial charge on any atom is 0.166 e. The van der Waals surface area contributed by atoms with E-state index < -0.39 is 0 Å². The predicted octanol–water partition coefficient (Wildman–Crippen LogP) is 4.44. The molecule has 0 unspecified atom stereocenters. The molecule has 0 atom stereocenters. The Kier molecular flexibility index (Phi) is 4.21. The SMILES string of the molecule is O=C(c1ccc(Cl)cc1)C1CCN(c2ncnc3sccc23)CC1. The summed E-state index contributed by atoms with van der Waals surface area (Å²) in [6, 6.07) is 9.25. The molecule has 1 aromatic carbocycles. The molecule has 6 heteroatoms. The lowest BCUT2D eigenvalue weighted by molar-refractivity contribution is 0.0900. The number of nitrogens with zero attached hydrogens (tertiary/aromatic N) is 3. The number of piperidine rings is 1. The highest BCUT2D eigenvalue weighted by atomic mass is 35.5. The number of hydrogen-bond acceptors (Lipinski definition) is 5. The maximum absolute atomic E-state index is 12.6. The Hall–Kier alpha value is -1.98. The molecule has 3 heterocycles. The number of anilines is 1. The zero-order valence-corrected chi connectivity index (χ0v) is 14.6. The molecule has 0 aliphatic carbocycles. The van der Waals surface area contributed by atoms with Crippen LogP contribution in [0.2, 0.25) is 5.02 Å². The first-order valence-electron chi connectivity index (χ1n) is 7.95. The van der Waals surface area contributed by atoms with Gasteiger partial charge < -0.3 is 4.90 Å². The van der Waals surface area contributed by atoms with E-state index in [1.807, 2.05) is 17.5 Å². The second kappa shape index (κ2) is 6.49. The van der Waals surface area contributed by atoms with Gasteiger partial charge in [-0.2, -0.15) is 0 Å². The van der Waals surface area contributed by atoms with Crippen LogP contribution in [0.5, 0.6) is 0 Å². The molecule has 0 radical (unpaired) electrons. The van der Waals surface area contributed by atoms with Crippen molar-refractivity contribution in [1.29, 1.82) is 0 Å². The molecule has 1 aliphatic heterocycles. The molecular weight excluding hydrogens is 342 g/mol. The average Bonchev–Trinajstić information content (AvgIpc) is 3.11. The number of Topliss-reactive ketones (excluding diaryl/α,β-unsaturated/α-hetero) is 1. The molecule has 1 fully saturated rings. The van der Waals surface area contributed by atoms with Crippen molar-refractivity contribution < 1.29 is 4.79 Å². The first-order valence-corrected chi connectivity index (χ1v) is 9.21. The van der Waals surface area contributed by atoms with Gasteiger partial charge in [-0.15, -0.1) is 11.3 Å². The van der Waals surface area contributed by atoms with E-state index in [0.717, 1.165) is 47.5 Å². The summed E-state index contributed by atoms with van der Waals surface area (Å²) in [5.74, 6) is 1.27. The molecule has 0 bridgehead atoms. The van der Waals surface area contributed by atoms with Gasteiger partial charge in [0.15, 0.2) is 5.78 Å². The number of benzene rings is 1. The van der Waals surface area contributed by atoms with Crippen LogP contribution < -0.4 is 4.90 Å². The fourth-order valence-corrected chi connectivity index (χ4v) is 4.09. The second-order valence-corrected chi connectivity index (χ2v) is 7.30. The minimum Gasteiger partial charge on any atom is -0.356 e. The Labute approximate surface area is 149 Å². The molecule has 1 saturated heterocycles. The van der Waals surface area contributed by atoms with Crippen molar-refractivity contribution in [2.75, 3.05) is 18.0 Å². The van der Waals surface area contributed by atoms with Crippen LogP contribution in [-0.2, 0) is 0 Å². The summed E-state index contributed by atoms with van der Waals surface area (Å²) in [4.78, 5) is 24.7. The summed E-state index contributed by atoms with van der Waals surface area (Å²) in [6.45, 7) is 1.68. The van der Waals surface area contributed by atoms with Crippen molar-refractivity contribution in [2.24, 2.45) is 5.92 Å². The molecule has 24 heavy (non-hydrogen) atoms. The van der Waals surface area contributed by atoms with E-state index in [1.54, 1.807) is 29.8 Å². The second-order valence-electron chi connectivity index (χ2n) is 5.97. The van der Waals surface area contributed by atoms with E-state index >= 15 is 0 Å². The molecule has 2 aromatic heterocycles. The molecule has 0 amide bonds. The predicted molar refractivity (Wildman–Crippen MR) is 98.1 cm³/mol. The number of carbonyl (C=O) groups is 1. The molecule has 4 rings (SSSR count). The van der Waals surface area contributed by atoms with Crippen molar-refractivity contribution in [3.8, 4) is 0 Å². The Morgan fingerprint density at radius 2 is 1.88 bits per heavy atom. The minimum atomic E-state index is 0.0715. The van der Waals surface area contributed by atoms with Gasteiger partial charge in [-0.25, -0.2) is 9.97 Å². The first kappa shape index (κ1) is 15.5. The highest BCUT2D eigenvalue weighted by Crippen LogP contribution is 2.30. The molecule has 122 valence electrons. The highest BCUT2D eigenvalue weighted by molar-refractivity contribution is 7.16. The van der Waals surface area contributed by atoms with E-state index in [9.17, 15) is 4.79 Å². The van der Waals surface area contributed by atoms with Crippen LogP contribution in [0.15, 0.2) is 42.0 Å². The average molecular weight is 358 g/mol. The zero-order chi connectivity index (χ0) is 16.5. The Balaban J connectivity index is 1.48. The van der Waals surface area contributed by atoms with Crippen LogP contribution in [-0.4, -0.2) is 28.8 Å². The van der Waals surface area contributed by atoms with Crippen molar-refractivity contribution in [3.05, 3.63) is 52.6 Å². The topological polar surface area (TPSA) is 46.1 Å². The van der Waals surface area contributed by atoms with Crippen LogP contribution in [0.25, 0.3) is 10.2 Å². The largest absolute Gasteiger partial charge is 0.356 e. The van der Waals surface area contributed by atoms with E-state index in [0.29, 0.717) is 5.02 Å². The van der Waals surface area contributed by atoms with Gasteiger partial charge in [-0.3, -0.25) is 4.79 Å². The van der Waals surface area contributed by atoms with Crippen LogP contribution in [0.3, 0.4) is 0 Å². The Morgan fingerprint density at radius 3 is 2.62 bits per heavy atom. The molecule has 4 nitrogen and oxygen atoms in total.